The van der Waals surface area contributed by atoms with E-state index in [0.717, 1.165) is 61.2 Å². The van der Waals surface area contributed by atoms with Gasteiger partial charge in [-0.15, -0.1) is 0 Å². The van der Waals surface area contributed by atoms with Gasteiger partial charge in [0.15, 0.2) is 11.6 Å². The van der Waals surface area contributed by atoms with Gasteiger partial charge in [0.05, 0.1) is 38.0 Å². The molecule has 2 heterocycles. The number of sulfonamides is 1. The molecule has 1 aliphatic rings. The molecule has 1 saturated heterocycles. The standard InChI is InChI=1S/C32H39N3O7S/c1-32(2,3)21-18-26(33-43(5,38)39)30(40-4)27(19-21)35-29(36)20-25(31(35)37)23-10-11-28(24-9-7-6-8-22(23)24)42-17-14-34-12-15-41-16-13-34/h6-11,18-20,33,36-37H,12-17H2,1-5H3. The van der Waals surface area contributed by atoms with Gasteiger partial charge < -0.3 is 24.4 Å². The Balaban J connectivity index is 1.58. The molecule has 1 aromatic heterocycles. The highest BCUT2D eigenvalue weighted by Crippen LogP contribution is 2.46. The zero-order chi connectivity index (χ0) is 30.9. The van der Waals surface area contributed by atoms with Crippen molar-refractivity contribution in [3.63, 3.8) is 0 Å². The van der Waals surface area contributed by atoms with Crippen molar-refractivity contribution in [1.29, 1.82) is 0 Å². The van der Waals surface area contributed by atoms with E-state index in [1.54, 1.807) is 12.1 Å². The van der Waals surface area contributed by atoms with E-state index < -0.39 is 10.0 Å². The number of aromatic nitrogens is 1. The smallest absolute Gasteiger partial charge is 0.229 e. The highest BCUT2D eigenvalue weighted by atomic mass is 32.2. The Morgan fingerprint density at radius 1 is 0.977 bits per heavy atom. The monoisotopic (exact) mass is 609 g/mol. The number of rotatable bonds is 9. The van der Waals surface area contributed by atoms with Crippen molar-refractivity contribution in [2.75, 3.05) is 57.5 Å². The molecule has 5 rings (SSSR count). The van der Waals surface area contributed by atoms with Gasteiger partial charge in [0, 0.05) is 36.7 Å². The van der Waals surface area contributed by atoms with Crippen LogP contribution < -0.4 is 14.2 Å². The molecular formula is C32H39N3O7S. The van der Waals surface area contributed by atoms with Gasteiger partial charge in [0.2, 0.25) is 15.9 Å². The van der Waals surface area contributed by atoms with E-state index in [1.165, 1.54) is 17.7 Å². The maximum atomic E-state index is 12.2. The largest absolute Gasteiger partial charge is 0.494 e. The Morgan fingerprint density at radius 3 is 2.33 bits per heavy atom. The van der Waals surface area contributed by atoms with Gasteiger partial charge in [-0.1, -0.05) is 45.0 Å². The van der Waals surface area contributed by atoms with Crippen molar-refractivity contribution in [2.45, 2.75) is 26.2 Å². The van der Waals surface area contributed by atoms with Crippen LogP contribution in [0.1, 0.15) is 26.3 Å². The molecule has 0 bridgehead atoms. The van der Waals surface area contributed by atoms with Crippen molar-refractivity contribution in [3.05, 3.63) is 60.2 Å². The number of fused-ring (bicyclic) bond motifs is 1. The number of nitrogens with zero attached hydrogens (tertiary/aromatic N) is 2. The molecule has 1 aliphatic heterocycles. The number of benzene rings is 3. The summed E-state index contributed by atoms with van der Waals surface area (Å²) in [4.78, 5) is 2.31. The lowest BCUT2D eigenvalue weighted by molar-refractivity contribution is 0.0323. The topological polar surface area (TPSA) is 122 Å². The maximum absolute atomic E-state index is 12.2. The van der Waals surface area contributed by atoms with Gasteiger partial charge in [-0.25, -0.2) is 13.0 Å². The zero-order valence-corrected chi connectivity index (χ0v) is 26.0. The number of nitrogens with one attached hydrogen (secondary N) is 1. The molecule has 0 spiro atoms. The normalized spacial score (nSPS) is 14.6. The van der Waals surface area contributed by atoms with Crippen molar-refractivity contribution < 1.29 is 32.8 Å². The Hall–Kier alpha value is -3.93. The van der Waals surface area contributed by atoms with Gasteiger partial charge in [0.25, 0.3) is 0 Å². The van der Waals surface area contributed by atoms with Crippen LogP contribution in [-0.2, 0) is 20.2 Å². The number of methoxy groups -OCH3 is 1. The van der Waals surface area contributed by atoms with Crippen LogP contribution in [0.25, 0.3) is 27.6 Å². The average molecular weight is 610 g/mol. The highest BCUT2D eigenvalue weighted by Gasteiger charge is 2.26. The number of morpholine rings is 1. The number of hydrogen-bond donors (Lipinski definition) is 3. The SMILES string of the molecule is COc1c(NS(C)(=O)=O)cc(C(C)(C)C)cc1-n1c(O)cc(-c2ccc(OCCN3CCOCC3)c3ccccc23)c1O. The molecule has 10 nitrogen and oxygen atoms in total. The summed E-state index contributed by atoms with van der Waals surface area (Å²) in [7, 11) is -2.25. The van der Waals surface area contributed by atoms with Gasteiger partial charge in [-0.2, -0.15) is 0 Å². The van der Waals surface area contributed by atoms with Crippen LogP contribution in [-0.4, -0.2) is 80.9 Å². The second kappa shape index (κ2) is 12.0. The maximum Gasteiger partial charge on any atom is 0.229 e. The first-order valence-corrected chi connectivity index (χ1v) is 16.1. The lowest BCUT2D eigenvalue weighted by atomic mass is 9.86. The second-order valence-corrected chi connectivity index (χ2v) is 13.5. The van der Waals surface area contributed by atoms with Crippen molar-refractivity contribution >= 4 is 26.5 Å². The van der Waals surface area contributed by atoms with Crippen molar-refractivity contribution in [3.8, 4) is 40.1 Å². The Morgan fingerprint density at radius 2 is 1.67 bits per heavy atom. The fourth-order valence-electron chi connectivity index (χ4n) is 5.37. The zero-order valence-electron chi connectivity index (χ0n) is 25.2. The van der Waals surface area contributed by atoms with Crippen LogP contribution in [0.5, 0.6) is 23.3 Å². The molecule has 0 radical (unpaired) electrons. The number of ether oxygens (including phenoxy) is 3. The Labute approximate surface area is 252 Å². The van der Waals surface area contributed by atoms with E-state index in [9.17, 15) is 18.6 Å². The third-order valence-corrected chi connectivity index (χ3v) is 8.16. The third-order valence-electron chi connectivity index (χ3n) is 7.57. The predicted octanol–water partition coefficient (Wildman–Crippen LogP) is 5.10. The van der Waals surface area contributed by atoms with Crippen LogP contribution in [0.2, 0.25) is 0 Å². The molecule has 0 amide bonds. The van der Waals surface area contributed by atoms with E-state index in [0.29, 0.717) is 17.7 Å². The van der Waals surface area contributed by atoms with Crippen LogP contribution in [0, 0.1) is 0 Å². The summed E-state index contributed by atoms with van der Waals surface area (Å²) in [5.41, 5.74) is 1.97. The van der Waals surface area contributed by atoms with Gasteiger partial charge in [-0.05, 0) is 46.2 Å². The molecule has 230 valence electrons. The molecular weight excluding hydrogens is 570 g/mol. The fraction of sp³-hybridized carbons (Fsp3) is 0.375. The van der Waals surface area contributed by atoms with Crippen LogP contribution in [0.4, 0.5) is 5.69 Å². The molecule has 4 aromatic rings. The third kappa shape index (κ3) is 6.53. The highest BCUT2D eigenvalue weighted by molar-refractivity contribution is 7.92. The molecule has 11 heteroatoms. The van der Waals surface area contributed by atoms with E-state index in [-0.39, 0.29) is 34.3 Å². The summed E-state index contributed by atoms with van der Waals surface area (Å²) in [5, 5.41) is 24.5. The van der Waals surface area contributed by atoms with Crippen LogP contribution >= 0.6 is 0 Å². The van der Waals surface area contributed by atoms with E-state index in [4.69, 9.17) is 14.2 Å². The molecule has 0 aliphatic carbocycles. The van der Waals surface area contributed by atoms with E-state index >= 15 is 0 Å². The molecule has 0 saturated carbocycles. The van der Waals surface area contributed by atoms with Gasteiger partial charge >= 0.3 is 0 Å². The molecule has 3 aromatic carbocycles. The first kappa shape index (κ1) is 30.5. The average Bonchev–Trinajstić information content (AvgIpc) is 3.24. The van der Waals surface area contributed by atoms with E-state index in [1.807, 2.05) is 57.2 Å². The summed E-state index contributed by atoms with van der Waals surface area (Å²) in [6.45, 7) is 10.5. The predicted molar refractivity (Wildman–Crippen MR) is 169 cm³/mol. The fourth-order valence-corrected chi connectivity index (χ4v) is 5.92. The summed E-state index contributed by atoms with van der Waals surface area (Å²) in [6, 6.07) is 16.5. The summed E-state index contributed by atoms with van der Waals surface area (Å²) in [6.07, 6.45) is 1.06. The molecule has 3 N–H and O–H groups in total. The van der Waals surface area contributed by atoms with Crippen molar-refractivity contribution in [2.24, 2.45) is 0 Å². The minimum atomic E-state index is -3.66. The van der Waals surface area contributed by atoms with E-state index in [2.05, 4.69) is 9.62 Å². The Bertz CT molecular complexity index is 1740. The van der Waals surface area contributed by atoms with Crippen LogP contribution in [0.3, 0.4) is 0 Å². The second-order valence-electron chi connectivity index (χ2n) is 11.7. The van der Waals surface area contributed by atoms with Gasteiger partial charge in [0.1, 0.15) is 12.4 Å². The molecule has 0 atom stereocenters. The lowest BCUT2D eigenvalue weighted by Crippen LogP contribution is -2.38. The van der Waals surface area contributed by atoms with Gasteiger partial charge in [-0.3, -0.25) is 9.62 Å². The number of hydrogen-bond acceptors (Lipinski definition) is 8. The summed E-state index contributed by atoms with van der Waals surface area (Å²) in [5.74, 6) is 0.419. The molecule has 43 heavy (non-hydrogen) atoms. The molecule has 0 unspecified atom stereocenters. The number of anilines is 1. The summed E-state index contributed by atoms with van der Waals surface area (Å²) >= 11 is 0. The first-order chi connectivity index (χ1) is 20.4. The van der Waals surface area contributed by atoms with Crippen molar-refractivity contribution in [1.82, 2.24) is 9.47 Å². The number of aromatic hydroxyl groups is 2. The lowest BCUT2D eigenvalue weighted by Gasteiger charge is -2.26. The minimum absolute atomic E-state index is 0.153. The minimum Gasteiger partial charge on any atom is -0.494 e. The van der Waals surface area contributed by atoms with Crippen LogP contribution in [0.15, 0.2) is 54.6 Å². The quantitative estimate of drug-likeness (QED) is 0.240. The first-order valence-electron chi connectivity index (χ1n) is 14.2. The summed E-state index contributed by atoms with van der Waals surface area (Å²) < 4.78 is 45.5. The Kier molecular flexibility index (Phi) is 8.51. The molecule has 1 fully saturated rings.